The summed E-state index contributed by atoms with van der Waals surface area (Å²) >= 11 is 3.17. The zero-order valence-corrected chi connectivity index (χ0v) is 15.7. The molecule has 1 aromatic rings. The number of hydrogen-bond donors (Lipinski definition) is 2. The number of anilines is 1. The van der Waals surface area contributed by atoms with Crippen LogP contribution in [0.25, 0.3) is 0 Å². The van der Waals surface area contributed by atoms with Gasteiger partial charge in [-0.1, -0.05) is 15.9 Å². The molecule has 2 rings (SSSR count). The van der Waals surface area contributed by atoms with Crippen molar-refractivity contribution in [2.24, 2.45) is 5.92 Å². The number of carboxylic acid groups (broad SMARTS) is 1. The number of halogens is 2. The number of carbonyl (C=O) groups is 2. The van der Waals surface area contributed by atoms with Gasteiger partial charge in [0, 0.05) is 23.2 Å². The van der Waals surface area contributed by atoms with Crippen molar-refractivity contribution in [3.05, 3.63) is 28.5 Å². The Bertz CT molecular complexity index is 660. The summed E-state index contributed by atoms with van der Waals surface area (Å²) in [7, 11) is 0. The topological polar surface area (TPSA) is 66.4 Å². The molecule has 0 saturated carbocycles. The smallest absolute Gasteiger partial charge is 0.435 e. The average molecular weight is 402 g/mol. The molecule has 1 heterocycles. The Kier molecular flexibility index (Phi) is 5.34. The molecule has 2 amide bonds. The van der Waals surface area contributed by atoms with Crippen LogP contribution in [-0.2, 0) is 4.79 Å². The number of nitrogens with zero attached hydrogens (tertiary/aromatic N) is 1. The highest BCUT2D eigenvalue weighted by atomic mass is 79.9. The zero-order valence-electron chi connectivity index (χ0n) is 14.1. The SMILES string of the molecule is CC(C)(C)[N+]1(C(=O)O)CC[C@@H](CC(=O)Nc2ccc(Br)cc2F)C1. The first kappa shape index (κ1) is 18.9. The molecule has 0 bridgehead atoms. The van der Waals surface area contributed by atoms with E-state index in [4.69, 9.17) is 0 Å². The molecule has 7 heteroatoms. The number of amides is 2. The van der Waals surface area contributed by atoms with Gasteiger partial charge in [0.25, 0.3) is 0 Å². The highest BCUT2D eigenvalue weighted by molar-refractivity contribution is 9.10. The Hall–Kier alpha value is -1.47. The normalized spacial score (nSPS) is 24.0. The molecule has 2 N–H and O–H groups in total. The summed E-state index contributed by atoms with van der Waals surface area (Å²) in [5, 5.41) is 12.2. The van der Waals surface area contributed by atoms with Crippen molar-refractivity contribution in [1.82, 2.24) is 0 Å². The minimum atomic E-state index is -0.857. The van der Waals surface area contributed by atoms with Gasteiger partial charge in [0.2, 0.25) is 5.91 Å². The van der Waals surface area contributed by atoms with Gasteiger partial charge in [0.1, 0.15) is 11.4 Å². The van der Waals surface area contributed by atoms with Crippen LogP contribution < -0.4 is 5.32 Å². The maximum Gasteiger partial charge on any atom is 0.513 e. The molecule has 1 unspecified atom stereocenters. The van der Waals surface area contributed by atoms with Crippen molar-refractivity contribution in [2.75, 3.05) is 18.4 Å². The van der Waals surface area contributed by atoms with Gasteiger partial charge in [-0.2, -0.15) is 4.79 Å². The van der Waals surface area contributed by atoms with E-state index in [9.17, 15) is 19.1 Å². The van der Waals surface area contributed by atoms with Crippen molar-refractivity contribution < 1.29 is 23.6 Å². The van der Waals surface area contributed by atoms with Crippen molar-refractivity contribution in [3.8, 4) is 0 Å². The lowest BCUT2D eigenvalue weighted by molar-refractivity contribution is -0.893. The van der Waals surface area contributed by atoms with E-state index in [1.807, 2.05) is 20.8 Å². The first-order chi connectivity index (χ1) is 11.0. The molecule has 1 saturated heterocycles. The molecule has 1 fully saturated rings. The van der Waals surface area contributed by atoms with Gasteiger partial charge in [0.05, 0.1) is 18.8 Å². The maximum absolute atomic E-state index is 13.8. The van der Waals surface area contributed by atoms with E-state index in [2.05, 4.69) is 21.2 Å². The quantitative estimate of drug-likeness (QED) is 0.744. The number of quaternary nitrogens is 1. The van der Waals surface area contributed by atoms with Crippen LogP contribution in [-0.4, -0.2) is 40.2 Å². The van der Waals surface area contributed by atoms with Gasteiger partial charge in [0.15, 0.2) is 0 Å². The Morgan fingerprint density at radius 2 is 2.08 bits per heavy atom. The predicted octanol–water partition coefficient (Wildman–Crippen LogP) is 4.23. The lowest BCUT2D eigenvalue weighted by Gasteiger charge is -2.40. The standard InChI is InChI=1S/C17H22BrFN2O3/c1-17(2,3)21(16(23)24)7-6-11(10-21)8-15(22)20-14-5-4-12(18)9-13(14)19/h4-5,9,11H,6-8,10H2,1-3H3,(H-,20,22,23,24)/p+1/t11-,21?/m0/s1. The molecular weight excluding hydrogens is 379 g/mol. The van der Waals surface area contributed by atoms with Crippen LogP contribution >= 0.6 is 15.9 Å². The van der Waals surface area contributed by atoms with Crippen LogP contribution in [0.1, 0.15) is 33.6 Å². The zero-order chi connectivity index (χ0) is 18.1. The Morgan fingerprint density at radius 1 is 1.42 bits per heavy atom. The van der Waals surface area contributed by atoms with Gasteiger partial charge in [-0.05, 0) is 39.0 Å². The monoisotopic (exact) mass is 401 g/mol. The molecular formula is C17H23BrFN2O3+. The second-order valence-corrected chi connectivity index (χ2v) is 8.27. The fourth-order valence-electron chi connectivity index (χ4n) is 3.32. The highest BCUT2D eigenvalue weighted by Crippen LogP contribution is 2.36. The number of rotatable bonds is 3. The van der Waals surface area contributed by atoms with Gasteiger partial charge in [-0.15, -0.1) is 0 Å². The fraction of sp³-hybridized carbons (Fsp3) is 0.529. The van der Waals surface area contributed by atoms with Crippen molar-refractivity contribution in [2.45, 2.75) is 39.2 Å². The summed E-state index contributed by atoms with van der Waals surface area (Å²) in [5.74, 6) is -0.825. The van der Waals surface area contributed by atoms with Crippen molar-refractivity contribution >= 4 is 33.6 Å². The van der Waals surface area contributed by atoms with Crippen LogP contribution in [0.2, 0.25) is 0 Å². The lowest BCUT2D eigenvalue weighted by Crippen LogP contribution is -2.61. The number of likely N-dealkylation sites (tertiary alicyclic amines) is 1. The fourth-order valence-corrected chi connectivity index (χ4v) is 3.65. The Morgan fingerprint density at radius 3 is 2.58 bits per heavy atom. The lowest BCUT2D eigenvalue weighted by atomic mass is 10.0. The van der Waals surface area contributed by atoms with E-state index in [0.29, 0.717) is 24.0 Å². The summed E-state index contributed by atoms with van der Waals surface area (Å²) in [4.78, 5) is 24.0. The second kappa shape index (κ2) is 6.80. The van der Waals surface area contributed by atoms with Crippen LogP contribution in [0.5, 0.6) is 0 Å². The minimum absolute atomic E-state index is 0.0289. The summed E-state index contributed by atoms with van der Waals surface area (Å²) < 4.78 is 14.3. The molecule has 1 aliphatic heterocycles. The van der Waals surface area contributed by atoms with Crippen molar-refractivity contribution in [1.29, 1.82) is 0 Å². The molecule has 132 valence electrons. The molecule has 1 aliphatic rings. The van der Waals surface area contributed by atoms with Gasteiger partial charge >= 0.3 is 6.09 Å². The van der Waals surface area contributed by atoms with Crippen LogP contribution in [0.15, 0.2) is 22.7 Å². The van der Waals surface area contributed by atoms with Gasteiger partial charge in [-0.3, -0.25) is 4.79 Å². The summed E-state index contributed by atoms with van der Waals surface area (Å²) in [5.41, 5.74) is -0.300. The van der Waals surface area contributed by atoms with E-state index in [-0.39, 0.29) is 28.4 Å². The third-order valence-corrected chi connectivity index (χ3v) is 5.31. The minimum Gasteiger partial charge on any atom is -0.435 e. The van der Waals surface area contributed by atoms with Crippen molar-refractivity contribution in [3.63, 3.8) is 0 Å². The third-order valence-electron chi connectivity index (χ3n) is 4.82. The van der Waals surface area contributed by atoms with E-state index >= 15 is 0 Å². The molecule has 0 radical (unpaired) electrons. The number of benzene rings is 1. The van der Waals surface area contributed by atoms with Crippen LogP contribution in [0.3, 0.4) is 0 Å². The van der Waals surface area contributed by atoms with Crippen LogP contribution in [0.4, 0.5) is 14.9 Å². The third kappa shape index (κ3) is 3.78. The van der Waals surface area contributed by atoms with E-state index in [1.165, 1.54) is 12.1 Å². The summed E-state index contributed by atoms with van der Waals surface area (Å²) in [6.07, 6.45) is 0.00272. The van der Waals surface area contributed by atoms with E-state index < -0.39 is 17.4 Å². The number of nitrogens with one attached hydrogen (secondary N) is 1. The van der Waals surface area contributed by atoms with Gasteiger partial charge in [-0.25, -0.2) is 8.87 Å². The van der Waals surface area contributed by atoms with Gasteiger partial charge < -0.3 is 10.4 Å². The molecule has 2 atom stereocenters. The maximum atomic E-state index is 13.8. The molecule has 1 aromatic carbocycles. The molecule has 0 spiro atoms. The molecule has 5 nitrogen and oxygen atoms in total. The largest absolute Gasteiger partial charge is 0.513 e. The second-order valence-electron chi connectivity index (χ2n) is 7.36. The van der Waals surface area contributed by atoms with E-state index in [1.54, 1.807) is 6.07 Å². The average Bonchev–Trinajstić information content (AvgIpc) is 2.87. The van der Waals surface area contributed by atoms with E-state index in [0.717, 1.165) is 0 Å². The van der Waals surface area contributed by atoms with Crippen LogP contribution in [0, 0.1) is 11.7 Å². The highest BCUT2D eigenvalue weighted by Gasteiger charge is 2.53. The summed E-state index contributed by atoms with van der Waals surface area (Å²) in [6, 6.07) is 4.44. The number of hydrogen-bond acceptors (Lipinski definition) is 2. The first-order valence-electron chi connectivity index (χ1n) is 7.91. The molecule has 0 aromatic heterocycles. The number of carbonyl (C=O) groups excluding carboxylic acids is 1. The molecule has 24 heavy (non-hydrogen) atoms. The predicted molar refractivity (Wildman–Crippen MR) is 93.2 cm³/mol. The molecule has 0 aliphatic carbocycles. The Labute approximate surface area is 149 Å². The first-order valence-corrected chi connectivity index (χ1v) is 8.70. The summed E-state index contributed by atoms with van der Waals surface area (Å²) in [6.45, 7) is 6.63. The Balaban J connectivity index is 2.02.